The molecule has 0 aromatic heterocycles. The second kappa shape index (κ2) is 7.00. The number of ether oxygens (including phenoxy) is 1. The molecule has 0 amide bonds. The Bertz CT molecular complexity index is 228. The van der Waals surface area contributed by atoms with Crippen molar-refractivity contribution in [2.75, 3.05) is 0 Å². The van der Waals surface area contributed by atoms with E-state index in [0.29, 0.717) is 11.8 Å². The maximum atomic E-state index is 11.7. The van der Waals surface area contributed by atoms with Gasteiger partial charge in [0.25, 0.3) is 0 Å². The van der Waals surface area contributed by atoms with Gasteiger partial charge in [0.1, 0.15) is 6.10 Å². The van der Waals surface area contributed by atoms with E-state index in [9.17, 15) is 9.90 Å². The van der Waals surface area contributed by atoms with Crippen LogP contribution in [0.2, 0.25) is 0 Å². The summed E-state index contributed by atoms with van der Waals surface area (Å²) < 4.78 is 5.41. The fourth-order valence-electron chi connectivity index (χ4n) is 1.63. The maximum Gasteiger partial charge on any atom is 0.337 e. The topological polar surface area (TPSA) is 46.5 Å². The second-order valence-electron chi connectivity index (χ2n) is 5.97. The molecule has 0 spiro atoms. The van der Waals surface area contributed by atoms with E-state index in [0.717, 1.165) is 19.3 Å². The van der Waals surface area contributed by atoms with E-state index >= 15 is 0 Å². The molecule has 0 fully saturated rings. The van der Waals surface area contributed by atoms with Crippen LogP contribution in [0.15, 0.2) is 0 Å². The number of carbonyl (C=O) groups excluding carboxylic acids is 1. The Morgan fingerprint density at radius 2 is 1.76 bits per heavy atom. The third-order valence-corrected chi connectivity index (χ3v) is 2.87. The first kappa shape index (κ1) is 16.4. The average Bonchev–Trinajstić information content (AvgIpc) is 2.14. The van der Waals surface area contributed by atoms with Gasteiger partial charge in [-0.25, -0.2) is 4.79 Å². The summed E-state index contributed by atoms with van der Waals surface area (Å²) in [6.45, 7) is 11.4. The van der Waals surface area contributed by atoms with Gasteiger partial charge in [0, 0.05) is 0 Å². The SMILES string of the molecule is CCC(C)CC(CC(C)C)OC(=O)C(C)(C)O. The van der Waals surface area contributed by atoms with Gasteiger partial charge in [0.15, 0.2) is 5.60 Å². The number of aliphatic hydroxyl groups is 1. The highest BCUT2D eigenvalue weighted by Gasteiger charge is 2.29. The summed E-state index contributed by atoms with van der Waals surface area (Å²) in [6.07, 6.45) is 2.72. The van der Waals surface area contributed by atoms with Gasteiger partial charge < -0.3 is 9.84 Å². The molecule has 102 valence electrons. The Morgan fingerprint density at radius 1 is 1.24 bits per heavy atom. The highest BCUT2D eigenvalue weighted by atomic mass is 16.6. The summed E-state index contributed by atoms with van der Waals surface area (Å²) in [7, 11) is 0. The normalized spacial score (nSPS) is 15.8. The van der Waals surface area contributed by atoms with E-state index in [-0.39, 0.29) is 6.10 Å². The number of carbonyl (C=O) groups is 1. The Kier molecular flexibility index (Phi) is 6.76. The molecular weight excluding hydrogens is 216 g/mol. The van der Waals surface area contributed by atoms with Crippen LogP contribution in [0.4, 0.5) is 0 Å². The molecule has 2 unspecified atom stereocenters. The highest BCUT2D eigenvalue weighted by Crippen LogP contribution is 2.20. The van der Waals surface area contributed by atoms with Crippen LogP contribution in [0, 0.1) is 11.8 Å². The summed E-state index contributed by atoms with van der Waals surface area (Å²) in [5.74, 6) is 0.499. The predicted octanol–water partition coefficient (Wildman–Crippen LogP) is 3.15. The third kappa shape index (κ3) is 7.37. The van der Waals surface area contributed by atoms with E-state index in [1.54, 1.807) is 0 Å². The van der Waals surface area contributed by atoms with E-state index in [1.807, 2.05) is 0 Å². The van der Waals surface area contributed by atoms with E-state index in [2.05, 4.69) is 27.7 Å². The Balaban J connectivity index is 4.43. The molecule has 0 heterocycles. The lowest BCUT2D eigenvalue weighted by Gasteiger charge is -2.25. The molecule has 0 aliphatic rings. The lowest BCUT2D eigenvalue weighted by atomic mass is 9.95. The van der Waals surface area contributed by atoms with Crippen LogP contribution in [-0.4, -0.2) is 22.8 Å². The minimum atomic E-state index is -1.40. The first-order chi connectivity index (χ1) is 7.66. The minimum Gasteiger partial charge on any atom is -0.460 e. The standard InChI is InChI=1S/C14H28O3/c1-7-11(4)9-12(8-10(2)3)17-13(15)14(5,6)16/h10-12,16H,7-9H2,1-6H3. The Labute approximate surface area is 106 Å². The third-order valence-electron chi connectivity index (χ3n) is 2.87. The van der Waals surface area contributed by atoms with Crippen molar-refractivity contribution < 1.29 is 14.6 Å². The summed E-state index contributed by atoms with van der Waals surface area (Å²) in [5, 5.41) is 9.59. The molecule has 0 saturated carbocycles. The first-order valence-corrected chi connectivity index (χ1v) is 6.60. The molecule has 3 heteroatoms. The van der Waals surface area contributed by atoms with Crippen molar-refractivity contribution in [1.82, 2.24) is 0 Å². The minimum absolute atomic E-state index is 0.0797. The van der Waals surface area contributed by atoms with Gasteiger partial charge in [-0.15, -0.1) is 0 Å². The number of hydrogen-bond acceptors (Lipinski definition) is 3. The molecule has 0 saturated heterocycles. The van der Waals surface area contributed by atoms with Gasteiger partial charge >= 0.3 is 5.97 Å². The molecule has 3 nitrogen and oxygen atoms in total. The van der Waals surface area contributed by atoms with E-state index in [1.165, 1.54) is 13.8 Å². The second-order valence-corrected chi connectivity index (χ2v) is 5.97. The van der Waals surface area contributed by atoms with Gasteiger partial charge in [-0.1, -0.05) is 34.1 Å². The molecule has 0 bridgehead atoms. The van der Waals surface area contributed by atoms with Gasteiger partial charge in [-0.2, -0.15) is 0 Å². The molecule has 1 N–H and O–H groups in total. The van der Waals surface area contributed by atoms with E-state index < -0.39 is 11.6 Å². The zero-order valence-electron chi connectivity index (χ0n) is 12.1. The molecule has 0 aliphatic carbocycles. The van der Waals surface area contributed by atoms with Crippen molar-refractivity contribution in [2.45, 2.75) is 72.5 Å². The van der Waals surface area contributed by atoms with Crippen LogP contribution in [0.5, 0.6) is 0 Å². The Morgan fingerprint density at radius 3 is 2.12 bits per heavy atom. The van der Waals surface area contributed by atoms with Gasteiger partial charge in [-0.3, -0.25) is 0 Å². The zero-order chi connectivity index (χ0) is 13.6. The summed E-state index contributed by atoms with van der Waals surface area (Å²) in [4.78, 5) is 11.7. The van der Waals surface area contributed by atoms with Gasteiger partial charge in [-0.05, 0) is 38.5 Å². The average molecular weight is 244 g/mol. The fraction of sp³-hybridized carbons (Fsp3) is 0.929. The smallest absolute Gasteiger partial charge is 0.337 e. The Hall–Kier alpha value is -0.570. The molecule has 17 heavy (non-hydrogen) atoms. The van der Waals surface area contributed by atoms with Crippen molar-refractivity contribution in [2.24, 2.45) is 11.8 Å². The molecule has 0 aromatic rings. The van der Waals surface area contributed by atoms with Crippen LogP contribution in [0.3, 0.4) is 0 Å². The van der Waals surface area contributed by atoms with Crippen molar-refractivity contribution in [3.63, 3.8) is 0 Å². The molecular formula is C14H28O3. The molecule has 0 aliphatic heterocycles. The number of esters is 1. The molecule has 0 rings (SSSR count). The van der Waals surface area contributed by atoms with Crippen LogP contribution in [0.25, 0.3) is 0 Å². The van der Waals surface area contributed by atoms with Crippen molar-refractivity contribution in [3.8, 4) is 0 Å². The summed E-state index contributed by atoms with van der Waals surface area (Å²) >= 11 is 0. The summed E-state index contributed by atoms with van der Waals surface area (Å²) in [5.41, 5.74) is -1.40. The van der Waals surface area contributed by atoms with Crippen molar-refractivity contribution >= 4 is 5.97 Å². The molecule has 0 radical (unpaired) electrons. The first-order valence-electron chi connectivity index (χ1n) is 6.60. The zero-order valence-corrected chi connectivity index (χ0v) is 12.1. The van der Waals surface area contributed by atoms with Gasteiger partial charge in [0.05, 0.1) is 0 Å². The lowest BCUT2D eigenvalue weighted by molar-refractivity contribution is -0.169. The van der Waals surface area contributed by atoms with Crippen molar-refractivity contribution in [1.29, 1.82) is 0 Å². The van der Waals surface area contributed by atoms with Crippen LogP contribution in [-0.2, 0) is 9.53 Å². The van der Waals surface area contributed by atoms with E-state index in [4.69, 9.17) is 4.74 Å². The van der Waals surface area contributed by atoms with Crippen LogP contribution < -0.4 is 0 Å². The largest absolute Gasteiger partial charge is 0.460 e. The highest BCUT2D eigenvalue weighted by molar-refractivity contribution is 5.78. The van der Waals surface area contributed by atoms with Gasteiger partial charge in [0.2, 0.25) is 0 Å². The lowest BCUT2D eigenvalue weighted by Crippen LogP contribution is -2.36. The van der Waals surface area contributed by atoms with Crippen LogP contribution in [0.1, 0.15) is 60.8 Å². The predicted molar refractivity (Wildman–Crippen MR) is 69.7 cm³/mol. The fourth-order valence-corrected chi connectivity index (χ4v) is 1.63. The number of hydrogen-bond donors (Lipinski definition) is 1. The van der Waals surface area contributed by atoms with Crippen molar-refractivity contribution in [3.05, 3.63) is 0 Å². The monoisotopic (exact) mass is 244 g/mol. The summed E-state index contributed by atoms with van der Waals surface area (Å²) in [6, 6.07) is 0. The molecule has 2 atom stereocenters. The maximum absolute atomic E-state index is 11.7. The van der Waals surface area contributed by atoms with Crippen LogP contribution >= 0.6 is 0 Å². The quantitative estimate of drug-likeness (QED) is 0.700. The number of rotatable bonds is 7. The molecule has 0 aromatic carbocycles.